The lowest BCUT2D eigenvalue weighted by Crippen LogP contribution is -2.20. The van der Waals surface area contributed by atoms with Crippen LogP contribution in [0.2, 0.25) is 0 Å². The lowest BCUT2D eigenvalue weighted by atomic mass is 9.92. The molecule has 1 aromatic carbocycles. The van der Waals surface area contributed by atoms with Gasteiger partial charge in [-0.05, 0) is 31.5 Å². The zero-order chi connectivity index (χ0) is 17.3. The Morgan fingerprint density at radius 2 is 1.87 bits per heavy atom. The summed E-state index contributed by atoms with van der Waals surface area (Å²) in [5, 5.41) is 9.79. The van der Waals surface area contributed by atoms with Gasteiger partial charge < -0.3 is 5.11 Å². The molecular weight excluding hydrogens is 307 g/mol. The van der Waals surface area contributed by atoms with Gasteiger partial charge in [0.05, 0.1) is 23.0 Å². The molecule has 1 N–H and O–H groups in total. The van der Waals surface area contributed by atoms with Crippen molar-refractivity contribution in [1.29, 1.82) is 0 Å². The fourth-order valence-electron chi connectivity index (χ4n) is 1.96. The molecule has 0 saturated heterocycles. The minimum atomic E-state index is -4.30. The molecule has 23 heavy (non-hydrogen) atoms. The Kier molecular flexibility index (Phi) is 4.45. The number of fused-ring (bicyclic) bond motifs is 1. The van der Waals surface area contributed by atoms with Crippen LogP contribution in [-0.4, -0.2) is 22.2 Å². The van der Waals surface area contributed by atoms with Gasteiger partial charge in [-0.1, -0.05) is 30.4 Å². The predicted octanol–water partition coefficient (Wildman–Crippen LogP) is 4.46. The standard InChI is InChI=1S/C17H16F3NO2/c1-16(2,15(22)23)8-7-11-3-4-12-5-6-13(10-17(18,19)20)21-14(12)9-11/h3-9H,10H2,1-2H3,(H,22,23). The van der Waals surface area contributed by atoms with E-state index in [1.165, 1.54) is 12.1 Å². The summed E-state index contributed by atoms with van der Waals surface area (Å²) in [6, 6.07) is 8.11. The van der Waals surface area contributed by atoms with E-state index in [4.69, 9.17) is 5.11 Å². The lowest BCUT2D eigenvalue weighted by Gasteiger charge is -2.13. The van der Waals surface area contributed by atoms with Crippen molar-refractivity contribution in [3.8, 4) is 0 Å². The Bertz CT molecular complexity index is 764. The topological polar surface area (TPSA) is 50.2 Å². The van der Waals surface area contributed by atoms with Crippen LogP contribution in [0.25, 0.3) is 17.0 Å². The molecule has 0 saturated carbocycles. The normalized spacial score (nSPS) is 12.9. The number of alkyl halides is 3. The van der Waals surface area contributed by atoms with Gasteiger partial charge in [0.2, 0.25) is 0 Å². The van der Waals surface area contributed by atoms with E-state index >= 15 is 0 Å². The van der Waals surface area contributed by atoms with Crippen molar-refractivity contribution in [1.82, 2.24) is 4.98 Å². The van der Waals surface area contributed by atoms with Gasteiger partial charge in [-0.2, -0.15) is 13.2 Å². The number of rotatable bonds is 4. The van der Waals surface area contributed by atoms with Crippen molar-refractivity contribution in [2.24, 2.45) is 5.41 Å². The van der Waals surface area contributed by atoms with Gasteiger partial charge in [0.15, 0.2) is 0 Å². The monoisotopic (exact) mass is 323 g/mol. The molecule has 2 rings (SSSR count). The van der Waals surface area contributed by atoms with E-state index in [0.29, 0.717) is 11.1 Å². The molecule has 0 aliphatic rings. The first-order chi connectivity index (χ1) is 10.6. The Balaban J connectivity index is 2.33. The predicted molar refractivity (Wildman–Crippen MR) is 82.0 cm³/mol. The number of carbonyl (C=O) groups is 1. The zero-order valence-electron chi connectivity index (χ0n) is 12.7. The van der Waals surface area contributed by atoms with Gasteiger partial charge >= 0.3 is 12.1 Å². The molecule has 0 unspecified atom stereocenters. The second-order valence-electron chi connectivity index (χ2n) is 5.91. The maximum atomic E-state index is 12.4. The summed E-state index contributed by atoms with van der Waals surface area (Å²) < 4.78 is 37.3. The van der Waals surface area contributed by atoms with Crippen molar-refractivity contribution in [2.75, 3.05) is 0 Å². The van der Waals surface area contributed by atoms with Gasteiger partial charge in [-0.25, -0.2) is 0 Å². The largest absolute Gasteiger partial charge is 0.481 e. The maximum absolute atomic E-state index is 12.4. The molecule has 0 fully saturated rings. The highest BCUT2D eigenvalue weighted by Gasteiger charge is 2.28. The van der Waals surface area contributed by atoms with Crippen LogP contribution < -0.4 is 0 Å². The summed E-state index contributed by atoms with van der Waals surface area (Å²) in [7, 11) is 0. The Morgan fingerprint density at radius 1 is 1.22 bits per heavy atom. The molecule has 0 aliphatic carbocycles. The fraction of sp³-hybridized carbons (Fsp3) is 0.294. The van der Waals surface area contributed by atoms with Crippen LogP contribution in [0.5, 0.6) is 0 Å². The van der Waals surface area contributed by atoms with E-state index < -0.39 is 24.0 Å². The molecule has 1 heterocycles. The summed E-state index contributed by atoms with van der Waals surface area (Å²) in [5.74, 6) is -0.958. The third-order valence-corrected chi connectivity index (χ3v) is 3.40. The highest BCUT2D eigenvalue weighted by molar-refractivity contribution is 5.82. The Morgan fingerprint density at radius 3 is 2.48 bits per heavy atom. The number of carboxylic acid groups (broad SMARTS) is 1. The molecular formula is C17H16F3NO2. The van der Waals surface area contributed by atoms with E-state index in [0.717, 1.165) is 5.39 Å². The number of aliphatic carboxylic acids is 1. The van der Waals surface area contributed by atoms with E-state index in [1.807, 2.05) is 0 Å². The smallest absolute Gasteiger partial charge is 0.394 e. The van der Waals surface area contributed by atoms with Crippen molar-refractivity contribution in [3.05, 3.63) is 47.7 Å². The number of benzene rings is 1. The van der Waals surface area contributed by atoms with Gasteiger partial charge in [0.25, 0.3) is 0 Å². The van der Waals surface area contributed by atoms with Gasteiger partial charge in [0.1, 0.15) is 0 Å². The van der Waals surface area contributed by atoms with Crippen LogP contribution in [0.4, 0.5) is 13.2 Å². The molecule has 3 nitrogen and oxygen atoms in total. The first kappa shape index (κ1) is 17.0. The third-order valence-electron chi connectivity index (χ3n) is 3.40. The first-order valence-corrected chi connectivity index (χ1v) is 6.96. The van der Waals surface area contributed by atoms with Crippen LogP contribution in [0.1, 0.15) is 25.1 Å². The molecule has 0 atom stereocenters. The number of nitrogens with zero attached hydrogens (tertiary/aromatic N) is 1. The van der Waals surface area contributed by atoms with E-state index in [9.17, 15) is 18.0 Å². The summed E-state index contributed by atoms with van der Waals surface area (Å²) in [4.78, 5) is 15.1. The lowest BCUT2D eigenvalue weighted by molar-refractivity contribution is -0.144. The van der Waals surface area contributed by atoms with E-state index in [-0.39, 0.29) is 5.69 Å². The minimum Gasteiger partial charge on any atom is -0.481 e. The molecule has 0 bridgehead atoms. The number of halogens is 3. The molecule has 0 radical (unpaired) electrons. The van der Waals surface area contributed by atoms with Crippen molar-refractivity contribution in [3.63, 3.8) is 0 Å². The molecule has 0 aliphatic heterocycles. The Labute approximate surface area is 131 Å². The van der Waals surface area contributed by atoms with Crippen LogP contribution >= 0.6 is 0 Å². The molecule has 6 heteroatoms. The number of aromatic nitrogens is 1. The second-order valence-corrected chi connectivity index (χ2v) is 5.91. The number of hydrogen-bond acceptors (Lipinski definition) is 2. The van der Waals surface area contributed by atoms with Gasteiger partial charge in [-0.15, -0.1) is 0 Å². The summed E-state index contributed by atoms with van der Waals surface area (Å²) in [5.41, 5.74) is 0.0584. The average molecular weight is 323 g/mol. The van der Waals surface area contributed by atoms with Crippen LogP contribution in [0, 0.1) is 5.41 Å². The zero-order valence-corrected chi connectivity index (χ0v) is 12.7. The van der Waals surface area contributed by atoms with E-state index in [2.05, 4.69) is 4.98 Å². The molecule has 2 aromatic rings. The number of pyridine rings is 1. The summed E-state index contributed by atoms with van der Waals surface area (Å²) in [6.07, 6.45) is -2.21. The first-order valence-electron chi connectivity index (χ1n) is 6.96. The minimum absolute atomic E-state index is 0.0444. The fourth-order valence-corrected chi connectivity index (χ4v) is 1.96. The quantitative estimate of drug-likeness (QED) is 0.903. The van der Waals surface area contributed by atoms with Gasteiger partial charge in [0, 0.05) is 5.39 Å². The van der Waals surface area contributed by atoms with Gasteiger partial charge in [-0.3, -0.25) is 9.78 Å². The van der Waals surface area contributed by atoms with Crippen molar-refractivity contribution in [2.45, 2.75) is 26.4 Å². The Hall–Kier alpha value is -2.37. The maximum Gasteiger partial charge on any atom is 0.394 e. The average Bonchev–Trinajstić information content (AvgIpc) is 2.43. The van der Waals surface area contributed by atoms with Crippen LogP contribution in [0.3, 0.4) is 0 Å². The van der Waals surface area contributed by atoms with Crippen molar-refractivity contribution < 1.29 is 23.1 Å². The van der Waals surface area contributed by atoms with Crippen LogP contribution in [0.15, 0.2) is 36.4 Å². The number of carboxylic acids is 1. The summed E-state index contributed by atoms with van der Waals surface area (Å²) in [6.45, 7) is 3.12. The van der Waals surface area contributed by atoms with Crippen molar-refractivity contribution >= 4 is 22.9 Å². The highest BCUT2D eigenvalue weighted by Crippen LogP contribution is 2.24. The third kappa shape index (κ3) is 4.55. The summed E-state index contributed by atoms with van der Waals surface area (Å²) >= 11 is 0. The molecule has 0 amide bonds. The second kappa shape index (κ2) is 6.02. The molecule has 1 aromatic heterocycles. The molecule has 122 valence electrons. The molecule has 0 spiro atoms. The van der Waals surface area contributed by atoms with E-state index in [1.54, 1.807) is 44.2 Å². The van der Waals surface area contributed by atoms with Crippen LogP contribution in [-0.2, 0) is 11.2 Å². The highest BCUT2D eigenvalue weighted by atomic mass is 19.4. The SMILES string of the molecule is CC(C)(C=Cc1ccc2ccc(CC(F)(F)F)nc2c1)C(=O)O. The number of hydrogen-bond donors (Lipinski definition) is 1.